The molecule has 2 aromatic rings. The summed E-state index contributed by atoms with van der Waals surface area (Å²) in [6, 6.07) is 15.0. The lowest BCUT2D eigenvalue weighted by atomic mass is 9.89. The summed E-state index contributed by atoms with van der Waals surface area (Å²) in [4.78, 5) is 17.1. The molecule has 29 heavy (non-hydrogen) atoms. The third-order valence-electron chi connectivity index (χ3n) is 6.20. The standard InChI is InChI=1S/C23H27FN2O2.ClH/c1-25-13-18-14-26(15-21(18)23(25)17-6-4-7-19(24)12-17)22(27)10-9-16-5-3-8-20(11-16)28-2;/h3-8,11-12,18,21,23H,9-10,13-15H2,1-2H3;1H/t18-,21+,23-;/m0./s1. The molecule has 6 heteroatoms. The molecule has 3 atom stereocenters. The van der Waals surface area contributed by atoms with E-state index in [-0.39, 0.29) is 30.2 Å². The predicted molar refractivity (Wildman–Crippen MR) is 114 cm³/mol. The first-order valence-corrected chi connectivity index (χ1v) is 9.91. The third-order valence-corrected chi connectivity index (χ3v) is 6.20. The van der Waals surface area contributed by atoms with Gasteiger partial charge < -0.3 is 9.64 Å². The van der Waals surface area contributed by atoms with E-state index in [1.54, 1.807) is 19.2 Å². The van der Waals surface area contributed by atoms with Gasteiger partial charge in [-0.25, -0.2) is 4.39 Å². The summed E-state index contributed by atoms with van der Waals surface area (Å²) in [5.41, 5.74) is 2.13. The Morgan fingerprint density at radius 3 is 2.69 bits per heavy atom. The molecule has 0 radical (unpaired) electrons. The second kappa shape index (κ2) is 9.14. The van der Waals surface area contributed by atoms with E-state index in [0.29, 0.717) is 18.3 Å². The van der Waals surface area contributed by atoms with E-state index in [1.165, 1.54) is 6.07 Å². The number of amides is 1. The number of carbonyl (C=O) groups excluding carboxylic acids is 1. The topological polar surface area (TPSA) is 32.8 Å². The molecule has 2 saturated heterocycles. The molecule has 4 nitrogen and oxygen atoms in total. The smallest absolute Gasteiger partial charge is 0.222 e. The van der Waals surface area contributed by atoms with Crippen LogP contribution in [0, 0.1) is 17.7 Å². The van der Waals surface area contributed by atoms with Crippen LogP contribution in [-0.2, 0) is 11.2 Å². The Bertz CT molecular complexity index is 862. The Hall–Kier alpha value is -2.11. The largest absolute Gasteiger partial charge is 0.497 e. The highest BCUT2D eigenvalue weighted by Gasteiger charge is 2.47. The first-order chi connectivity index (χ1) is 13.5. The molecule has 1 amide bonds. The Morgan fingerprint density at radius 1 is 1.14 bits per heavy atom. The molecule has 0 aromatic heterocycles. The number of nitrogens with zero attached hydrogens (tertiary/aromatic N) is 2. The highest BCUT2D eigenvalue weighted by molar-refractivity contribution is 5.85. The SMILES string of the molecule is COc1cccc(CCC(=O)N2C[C@@H]3CN(C)[C@@H](c4cccc(F)c4)[C@@H]3C2)c1.Cl. The molecule has 2 aliphatic heterocycles. The molecule has 0 N–H and O–H groups in total. The van der Waals surface area contributed by atoms with E-state index in [9.17, 15) is 9.18 Å². The summed E-state index contributed by atoms with van der Waals surface area (Å²) < 4.78 is 19.0. The van der Waals surface area contributed by atoms with Crippen molar-refractivity contribution in [2.75, 3.05) is 33.8 Å². The molecule has 4 rings (SSSR count). The maximum atomic E-state index is 13.7. The van der Waals surface area contributed by atoms with E-state index >= 15 is 0 Å². The van der Waals surface area contributed by atoms with Gasteiger partial charge in [-0.15, -0.1) is 12.4 Å². The Labute approximate surface area is 178 Å². The summed E-state index contributed by atoms with van der Waals surface area (Å²) in [7, 11) is 3.75. The van der Waals surface area contributed by atoms with Crippen LogP contribution in [0.1, 0.15) is 23.6 Å². The van der Waals surface area contributed by atoms with Gasteiger partial charge in [-0.05, 0) is 54.8 Å². The van der Waals surface area contributed by atoms with Crippen LogP contribution in [0.5, 0.6) is 5.75 Å². The number of aryl methyl sites for hydroxylation is 1. The van der Waals surface area contributed by atoms with Gasteiger partial charge in [0.25, 0.3) is 0 Å². The Kier molecular flexibility index (Phi) is 6.81. The number of halogens is 2. The van der Waals surface area contributed by atoms with Crippen LogP contribution in [0.25, 0.3) is 0 Å². The minimum absolute atomic E-state index is 0. The van der Waals surface area contributed by atoms with Crippen LogP contribution in [0.2, 0.25) is 0 Å². The molecule has 0 unspecified atom stereocenters. The first kappa shape index (κ1) is 21.6. The van der Waals surface area contributed by atoms with Crippen molar-refractivity contribution in [2.45, 2.75) is 18.9 Å². The van der Waals surface area contributed by atoms with E-state index in [4.69, 9.17) is 4.74 Å². The lowest BCUT2D eigenvalue weighted by Gasteiger charge is -2.27. The predicted octanol–water partition coefficient (Wildman–Crippen LogP) is 3.95. The maximum Gasteiger partial charge on any atom is 0.222 e. The van der Waals surface area contributed by atoms with E-state index in [2.05, 4.69) is 11.9 Å². The van der Waals surface area contributed by atoms with Crippen molar-refractivity contribution in [2.24, 2.45) is 11.8 Å². The van der Waals surface area contributed by atoms with Gasteiger partial charge in [-0.1, -0.05) is 24.3 Å². The molecule has 0 aliphatic carbocycles. The number of hydrogen-bond acceptors (Lipinski definition) is 3. The maximum absolute atomic E-state index is 13.7. The molecular formula is C23H28ClFN2O2. The van der Waals surface area contributed by atoms with Crippen molar-refractivity contribution in [3.8, 4) is 5.75 Å². The highest BCUT2D eigenvalue weighted by Crippen LogP contribution is 2.44. The number of methoxy groups -OCH3 is 1. The molecule has 0 bridgehead atoms. The average molecular weight is 419 g/mol. The number of benzene rings is 2. The fourth-order valence-corrected chi connectivity index (χ4v) is 4.89. The molecule has 0 spiro atoms. The fourth-order valence-electron chi connectivity index (χ4n) is 4.89. The van der Waals surface area contributed by atoms with Gasteiger partial charge >= 0.3 is 0 Å². The number of likely N-dealkylation sites (tertiary alicyclic amines) is 2. The normalized spacial score (nSPS) is 23.6. The molecule has 156 valence electrons. The summed E-state index contributed by atoms with van der Waals surface area (Å²) in [5, 5.41) is 0. The van der Waals surface area contributed by atoms with Gasteiger partial charge in [0.05, 0.1) is 7.11 Å². The summed E-state index contributed by atoms with van der Waals surface area (Å²) in [6.45, 7) is 2.51. The Morgan fingerprint density at radius 2 is 1.93 bits per heavy atom. The quantitative estimate of drug-likeness (QED) is 0.737. The highest BCUT2D eigenvalue weighted by atomic mass is 35.5. The second-order valence-electron chi connectivity index (χ2n) is 8.01. The van der Waals surface area contributed by atoms with Gasteiger partial charge in [-0.3, -0.25) is 9.69 Å². The first-order valence-electron chi connectivity index (χ1n) is 9.91. The van der Waals surface area contributed by atoms with Crippen molar-refractivity contribution in [3.05, 3.63) is 65.5 Å². The van der Waals surface area contributed by atoms with Crippen LogP contribution in [0.4, 0.5) is 4.39 Å². The van der Waals surface area contributed by atoms with Gasteiger partial charge in [0.1, 0.15) is 11.6 Å². The zero-order valence-electron chi connectivity index (χ0n) is 16.9. The minimum atomic E-state index is -0.196. The number of fused-ring (bicyclic) bond motifs is 1. The average Bonchev–Trinajstić information content (AvgIpc) is 3.22. The van der Waals surface area contributed by atoms with Crippen LogP contribution in [-0.4, -0.2) is 49.5 Å². The summed E-state index contributed by atoms with van der Waals surface area (Å²) >= 11 is 0. The zero-order valence-corrected chi connectivity index (χ0v) is 17.7. The summed E-state index contributed by atoms with van der Waals surface area (Å²) in [5.74, 6) is 1.66. The number of ether oxygens (including phenoxy) is 1. The van der Waals surface area contributed by atoms with E-state index in [0.717, 1.165) is 42.9 Å². The monoisotopic (exact) mass is 418 g/mol. The molecule has 0 saturated carbocycles. The minimum Gasteiger partial charge on any atom is -0.497 e. The van der Waals surface area contributed by atoms with Gasteiger partial charge in [0, 0.05) is 38.0 Å². The van der Waals surface area contributed by atoms with Crippen molar-refractivity contribution >= 4 is 18.3 Å². The lowest BCUT2D eigenvalue weighted by Crippen LogP contribution is -2.33. The van der Waals surface area contributed by atoms with Crippen molar-refractivity contribution in [3.63, 3.8) is 0 Å². The van der Waals surface area contributed by atoms with Crippen molar-refractivity contribution in [1.82, 2.24) is 9.80 Å². The molecule has 2 aromatic carbocycles. The molecule has 2 aliphatic rings. The Balaban J connectivity index is 0.00000240. The number of hydrogen-bond donors (Lipinski definition) is 0. The number of carbonyl (C=O) groups is 1. The van der Waals surface area contributed by atoms with Crippen LogP contribution in [0.3, 0.4) is 0 Å². The fraction of sp³-hybridized carbons (Fsp3) is 0.435. The van der Waals surface area contributed by atoms with Crippen molar-refractivity contribution in [1.29, 1.82) is 0 Å². The van der Waals surface area contributed by atoms with Crippen LogP contribution >= 0.6 is 12.4 Å². The van der Waals surface area contributed by atoms with Crippen LogP contribution in [0.15, 0.2) is 48.5 Å². The van der Waals surface area contributed by atoms with E-state index in [1.807, 2.05) is 35.2 Å². The lowest BCUT2D eigenvalue weighted by molar-refractivity contribution is -0.130. The van der Waals surface area contributed by atoms with Gasteiger partial charge in [0.2, 0.25) is 5.91 Å². The van der Waals surface area contributed by atoms with Gasteiger partial charge in [-0.2, -0.15) is 0 Å². The van der Waals surface area contributed by atoms with Crippen molar-refractivity contribution < 1.29 is 13.9 Å². The molecular weight excluding hydrogens is 391 g/mol. The second-order valence-corrected chi connectivity index (χ2v) is 8.01. The van der Waals surface area contributed by atoms with Gasteiger partial charge in [0.15, 0.2) is 0 Å². The number of rotatable bonds is 5. The zero-order chi connectivity index (χ0) is 19.7. The summed E-state index contributed by atoms with van der Waals surface area (Å²) in [6.07, 6.45) is 1.22. The third kappa shape index (κ3) is 4.57. The van der Waals surface area contributed by atoms with E-state index < -0.39 is 0 Å². The van der Waals surface area contributed by atoms with Crippen LogP contribution < -0.4 is 4.74 Å². The molecule has 2 heterocycles. The molecule has 2 fully saturated rings.